The number of nitrogens with one attached hydrogen (secondary N) is 2. The van der Waals surface area contributed by atoms with E-state index in [0.29, 0.717) is 12.8 Å². The van der Waals surface area contributed by atoms with Crippen LogP contribution in [0.3, 0.4) is 0 Å². The number of hydrogen-bond donors (Lipinski definition) is 4. The van der Waals surface area contributed by atoms with Crippen molar-refractivity contribution < 1.29 is 42.9 Å². The Hall–Kier alpha value is -3.17. The largest absolute Gasteiger partial charge is 0.461 e. The zero-order chi connectivity index (χ0) is 28.8. The van der Waals surface area contributed by atoms with Crippen LogP contribution in [-0.2, 0) is 28.2 Å². The molecule has 0 spiro atoms. The third-order valence-electron chi connectivity index (χ3n) is 6.21. The summed E-state index contributed by atoms with van der Waals surface area (Å²) in [4.78, 5) is 25.5. The van der Waals surface area contributed by atoms with Crippen LogP contribution >= 0.6 is 7.75 Å². The Kier molecular flexibility index (Phi) is 9.96. The summed E-state index contributed by atoms with van der Waals surface area (Å²) in [5.74, 6) is 1.28. The van der Waals surface area contributed by atoms with Crippen molar-refractivity contribution in [2.45, 2.75) is 69.8 Å². The van der Waals surface area contributed by atoms with Gasteiger partial charge in [0.1, 0.15) is 35.9 Å². The van der Waals surface area contributed by atoms with Gasteiger partial charge in [0, 0.05) is 12.3 Å². The van der Waals surface area contributed by atoms with Gasteiger partial charge in [0.15, 0.2) is 11.8 Å². The summed E-state index contributed by atoms with van der Waals surface area (Å²) in [6, 6.07) is 7.04. The Balaban J connectivity index is 1.79. The SMILES string of the molecule is C#C[C@@]1(O)[C@H](O)[C@@H](COP(=O)(N[C@@H](C)C(=O)OC(CC)CC)Oc2ccccc2)O[C@H]1N1C=CC(=O)NC1=C. The van der Waals surface area contributed by atoms with Gasteiger partial charge in [-0.15, -0.1) is 6.42 Å². The second-order valence-electron chi connectivity index (χ2n) is 9.02. The fourth-order valence-corrected chi connectivity index (χ4v) is 5.44. The van der Waals surface area contributed by atoms with Gasteiger partial charge < -0.3 is 34.4 Å². The van der Waals surface area contributed by atoms with Gasteiger partial charge in [-0.05, 0) is 31.9 Å². The normalized spacial score (nSPS) is 27.0. The lowest BCUT2D eigenvalue weighted by atomic mass is 9.94. The number of esters is 1. The molecule has 0 aliphatic carbocycles. The van der Waals surface area contributed by atoms with Gasteiger partial charge in [-0.25, -0.2) is 4.57 Å². The Bertz CT molecular complexity index is 1170. The van der Waals surface area contributed by atoms with Crippen molar-refractivity contribution in [3.63, 3.8) is 0 Å². The molecule has 6 atom stereocenters. The standard InChI is InChI=1S/C26H34N3O9P/c1-6-19(7-2)36-24(32)17(4)28-39(34,38-20-12-10-9-11-13-20)35-16-21-23(31)26(33,8-3)25(37-21)29-15-14-22(30)27-18(29)5/h3,9-15,17,19,21,23,25,31,33H,5-7,16H2,1-2,4H3,(H,27,30)(H,28,34)/t17-,21+,23+,25+,26+,39?/m0/s1. The maximum Gasteiger partial charge on any atom is 0.459 e. The maximum atomic E-state index is 13.8. The zero-order valence-electron chi connectivity index (χ0n) is 22.0. The highest BCUT2D eigenvalue weighted by Gasteiger charge is 2.57. The van der Waals surface area contributed by atoms with E-state index in [2.05, 4.69) is 22.9 Å². The van der Waals surface area contributed by atoms with Crippen molar-refractivity contribution in [2.24, 2.45) is 0 Å². The molecule has 1 unspecified atom stereocenters. The molecule has 2 aliphatic rings. The molecular weight excluding hydrogens is 529 g/mol. The first-order valence-corrected chi connectivity index (χ1v) is 14.0. The van der Waals surface area contributed by atoms with Gasteiger partial charge in [-0.2, -0.15) is 5.09 Å². The number of rotatable bonds is 12. The van der Waals surface area contributed by atoms with Crippen LogP contribution in [0.1, 0.15) is 33.6 Å². The molecule has 1 amide bonds. The number of amides is 1. The van der Waals surface area contributed by atoms with E-state index in [4.69, 9.17) is 24.9 Å². The first-order chi connectivity index (χ1) is 18.5. The molecule has 3 rings (SSSR count). The molecule has 13 heteroatoms. The molecule has 1 aromatic carbocycles. The van der Waals surface area contributed by atoms with E-state index in [-0.39, 0.29) is 17.7 Å². The Labute approximate surface area is 227 Å². The van der Waals surface area contributed by atoms with E-state index >= 15 is 0 Å². The molecule has 2 aliphatic heterocycles. The van der Waals surface area contributed by atoms with Gasteiger partial charge in [0.05, 0.1) is 6.61 Å². The molecule has 0 saturated carbocycles. The number of ether oxygens (including phenoxy) is 2. The summed E-state index contributed by atoms with van der Waals surface area (Å²) in [5, 5.41) is 27.0. The summed E-state index contributed by atoms with van der Waals surface area (Å²) in [6.45, 7) is 8.35. The van der Waals surface area contributed by atoms with Crippen molar-refractivity contribution in [3.8, 4) is 18.1 Å². The molecule has 2 heterocycles. The average molecular weight is 564 g/mol. The molecule has 0 radical (unpaired) electrons. The minimum absolute atomic E-state index is 0.0551. The van der Waals surface area contributed by atoms with Crippen molar-refractivity contribution in [1.29, 1.82) is 0 Å². The summed E-state index contributed by atoms with van der Waals surface area (Å²) < 4.78 is 36.3. The first kappa shape index (κ1) is 30.4. The number of aliphatic hydroxyl groups is 2. The Morgan fingerprint density at radius 2 is 2.03 bits per heavy atom. The molecule has 1 saturated heterocycles. The van der Waals surface area contributed by atoms with Gasteiger partial charge in [0.2, 0.25) is 0 Å². The summed E-state index contributed by atoms with van der Waals surface area (Å²) in [5.41, 5.74) is -2.26. The minimum atomic E-state index is -4.29. The molecule has 1 aromatic rings. The average Bonchev–Trinajstić information content (AvgIpc) is 3.16. The van der Waals surface area contributed by atoms with E-state index in [0.717, 1.165) is 0 Å². The highest BCUT2D eigenvalue weighted by atomic mass is 31.2. The number of para-hydroxylation sites is 1. The number of aliphatic hydroxyl groups excluding tert-OH is 1. The minimum Gasteiger partial charge on any atom is -0.461 e. The fraction of sp³-hybridized carbons (Fsp3) is 0.462. The smallest absolute Gasteiger partial charge is 0.459 e. The zero-order valence-corrected chi connectivity index (χ0v) is 22.9. The lowest BCUT2D eigenvalue weighted by Gasteiger charge is -2.36. The van der Waals surface area contributed by atoms with Crippen molar-refractivity contribution in [3.05, 3.63) is 55.0 Å². The van der Waals surface area contributed by atoms with Gasteiger partial charge in [-0.3, -0.25) is 14.1 Å². The monoisotopic (exact) mass is 563 g/mol. The lowest BCUT2D eigenvalue weighted by molar-refractivity contribution is -0.151. The number of benzene rings is 1. The Morgan fingerprint density at radius 1 is 1.36 bits per heavy atom. The topological polar surface area (TPSA) is 156 Å². The van der Waals surface area contributed by atoms with Crippen LogP contribution in [-0.4, -0.2) is 69.8 Å². The molecule has 4 N–H and O–H groups in total. The van der Waals surface area contributed by atoms with E-state index in [9.17, 15) is 24.4 Å². The molecular formula is C26H34N3O9P. The van der Waals surface area contributed by atoms with Gasteiger partial charge >= 0.3 is 13.7 Å². The number of carbonyl (C=O) groups is 2. The second kappa shape index (κ2) is 12.8. The van der Waals surface area contributed by atoms with Crippen LogP contribution in [0.4, 0.5) is 0 Å². The molecule has 0 aromatic heterocycles. The van der Waals surface area contributed by atoms with E-state index in [1.165, 1.54) is 24.1 Å². The molecule has 0 bridgehead atoms. The van der Waals surface area contributed by atoms with Crippen LogP contribution in [0, 0.1) is 12.3 Å². The van der Waals surface area contributed by atoms with Gasteiger partial charge in [-0.1, -0.05) is 44.5 Å². The quantitative estimate of drug-likeness (QED) is 0.167. The molecule has 1 fully saturated rings. The molecule has 39 heavy (non-hydrogen) atoms. The number of nitrogens with zero attached hydrogens (tertiary/aromatic N) is 1. The fourth-order valence-electron chi connectivity index (χ4n) is 3.94. The van der Waals surface area contributed by atoms with Crippen LogP contribution in [0.2, 0.25) is 0 Å². The van der Waals surface area contributed by atoms with Crippen LogP contribution in [0.25, 0.3) is 0 Å². The second-order valence-corrected chi connectivity index (χ2v) is 10.7. The summed E-state index contributed by atoms with van der Waals surface area (Å²) in [7, 11) is -4.29. The predicted molar refractivity (Wildman–Crippen MR) is 140 cm³/mol. The number of terminal acetylenes is 1. The van der Waals surface area contributed by atoms with Crippen LogP contribution in [0.15, 0.2) is 55.0 Å². The third-order valence-corrected chi connectivity index (χ3v) is 7.85. The maximum absolute atomic E-state index is 13.8. The van der Waals surface area contributed by atoms with E-state index in [1.54, 1.807) is 30.3 Å². The van der Waals surface area contributed by atoms with Crippen LogP contribution in [0.5, 0.6) is 5.75 Å². The highest BCUT2D eigenvalue weighted by Crippen LogP contribution is 2.46. The van der Waals surface area contributed by atoms with E-state index < -0.39 is 56.3 Å². The van der Waals surface area contributed by atoms with Crippen molar-refractivity contribution >= 4 is 19.6 Å². The lowest BCUT2D eigenvalue weighted by Crippen LogP contribution is -2.54. The Morgan fingerprint density at radius 3 is 2.62 bits per heavy atom. The van der Waals surface area contributed by atoms with Crippen molar-refractivity contribution in [2.75, 3.05) is 6.61 Å². The number of carbonyl (C=O) groups excluding carboxylic acids is 2. The van der Waals surface area contributed by atoms with Crippen LogP contribution < -0.4 is 14.9 Å². The number of hydrogen-bond acceptors (Lipinski definition) is 10. The molecule has 12 nitrogen and oxygen atoms in total. The molecule has 212 valence electrons. The summed E-state index contributed by atoms with van der Waals surface area (Å²) in [6.07, 6.45) is 4.56. The highest BCUT2D eigenvalue weighted by molar-refractivity contribution is 7.52. The predicted octanol–water partition coefficient (Wildman–Crippen LogP) is 1.77. The van der Waals surface area contributed by atoms with Crippen molar-refractivity contribution in [1.82, 2.24) is 15.3 Å². The van der Waals surface area contributed by atoms with Gasteiger partial charge in [0.25, 0.3) is 5.91 Å². The summed E-state index contributed by atoms with van der Waals surface area (Å²) >= 11 is 0. The third kappa shape index (κ3) is 7.08. The van der Waals surface area contributed by atoms with E-state index in [1.807, 2.05) is 13.8 Å². The first-order valence-electron chi connectivity index (χ1n) is 12.4.